The van der Waals surface area contributed by atoms with E-state index in [4.69, 9.17) is 5.73 Å². The van der Waals surface area contributed by atoms with Crippen LogP contribution in [0.3, 0.4) is 0 Å². The zero-order valence-corrected chi connectivity index (χ0v) is 22.1. The molecule has 3 aliphatic carbocycles. The van der Waals surface area contributed by atoms with Crippen molar-refractivity contribution in [1.82, 2.24) is 10.2 Å². The second-order valence-corrected chi connectivity index (χ2v) is 11.4. The van der Waals surface area contributed by atoms with Crippen LogP contribution in [0.1, 0.15) is 55.3 Å². The standard InChI is InChI=1S/C28H33FN4O7/c1-2-31-20-13-10-11-9-12-16(22(34)15(11)25(37)28(13,40)26(38)18(24(20)36)27(30)39)23(35)21-17(19(12)29)14(5-6-32-21)33-7-3-4-8-33/h11,13-14,20,31-32,34-35,38,40H,2-10H2,1H3,(H2,30,39)/t11-,13-,14?,20-,28-/m0/s1. The number of aromatic hydroxyl groups is 1. The number of hydrogen-bond donors (Lipinski definition) is 7. The molecule has 12 heteroatoms. The maximum atomic E-state index is 16.4. The number of halogens is 1. The molecule has 214 valence electrons. The van der Waals surface area contributed by atoms with Crippen molar-refractivity contribution in [2.24, 2.45) is 17.6 Å². The number of phenolic OH excluding ortho intramolecular Hbond substituents is 1. The highest BCUT2D eigenvalue weighted by atomic mass is 19.1. The Morgan fingerprint density at radius 3 is 2.58 bits per heavy atom. The monoisotopic (exact) mass is 556 g/mol. The Morgan fingerprint density at radius 1 is 1.23 bits per heavy atom. The predicted octanol–water partition coefficient (Wildman–Crippen LogP) is 1.10. The number of hydrogen-bond acceptors (Lipinski definition) is 10. The summed E-state index contributed by atoms with van der Waals surface area (Å²) in [4.78, 5) is 41.4. The first-order valence-electron chi connectivity index (χ1n) is 13.8. The summed E-state index contributed by atoms with van der Waals surface area (Å²) in [6, 6.07) is -1.48. The van der Waals surface area contributed by atoms with Crippen LogP contribution in [0.2, 0.25) is 0 Å². The van der Waals surface area contributed by atoms with Gasteiger partial charge in [-0.25, -0.2) is 4.39 Å². The molecule has 1 aromatic rings. The van der Waals surface area contributed by atoms with E-state index in [9.17, 15) is 34.8 Å². The molecule has 0 radical (unpaired) electrons. The molecule has 8 N–H and O–H groups in total. The molecule has 5 aliphatic rings. The van der Waals surface area contributed by atoms with Crippen LogP contribution in [0.15, 0.2) is 16.9 Å². The summed E-state index contributed by atoms with van der Waals surface area (Å²) in [6.45, 7) is 4.05. The molecule has 1 unspecified atom stereocenters. The molecule has 11 nitrogen and oxygen atoms in total. The number of phenols is 1. The lowest BCUT2D eigenvalue weighted by Crippen LogP contribution is -2.66. The third-order valence-corrected chi connectivity index (χ3v) is 9.40. The van der Waals surface area contributed by atoms with E-state index in [2.05, 4.69) is 15.5 Å². The van der Waals surface area contributed by atoms with Crippen LogP contribution < -0.4 is 16.4 Å². The molecular formula is C28H33FN4O7. The zero-order valence-electron chi connectivity index (χ0n) is 22.1. The first kappa shape index (κ1) is 26.7. The number of anilines is 1. The topological polar surface area (TPSA) is 185 Å². The maximum absolute atomic E-state index is 16.4. The van der Waals surface area contributed by atoms with Crippen molar-refractivity contribution in [3.63, 3.8) is 0 Å². The number of rotatable bonds is 4. The number of benzene rings is 1. The Kier molecular flexibility index (Phi) is 6.20. The van der Waals surface area contributed by atoms with E-state index in [0.29, 0.717) is 18.5 Å². The van der Waals surface area contributed by atoms with E-state index in [1.807, 2.05) is 0 Å². The van der Waals surface area contributed by atoms with Crippen LogP contribution in [0.4, 0.5) is 10.1 Å². The number of aliphatic hydroxyl groups is 3. The van der Waals surface area contributed by atoms with Crippen molar-refractivity contribution >= 4 is 28.9 Å². The molecule has 1 saturated carbocycles. The number of nitrogens with zero attached hydrogens (tertiary/aromatic N) is 1. The number of aliphatic hydroxyl groups excluding tert-OH is 2. The Hall–Kier alpha value is -3.48. The molecule has 2 heterocycles. The summed E-state index contributed by atoms with van der Waals surface area (Å²) in [7, 11) is 0. The first-order valence-corrected chi connectivity index (χ1v) is 13.8. The van der Waals surface area contributed by atoms with Crippen molar-refractivity contribution in [2.45, 2.75) is 56.7 Å². The van der Waals surface area contributed by atoms with Crippen LogP contribution in [0, 0.1) is 17.7 Å². The normalized spacial score (nSPS) is 31.9. The van der Waals surface area contributed by atoms with Gasteiger partial charge in [-0.1, -0.05) is 6.92 Å². The number of nitrogens with one attached hydrogen (secondary N) is 2. The largest absolute Gasteiger partial charge is 0.508 e. The van der Waals surface area contributed by atoms with E-state index in [-0.39, 0.29) is 53.6 Å². The average Bonchev–Trinajstić information content (AvgIpc) is 3.46. The zero-order chi connectivity index (χ0) is 28.7. The van der Waals surface area contributed by atoms with Gasteiger partial charge in [0.25, 0.3) is 5.91 Å². The number of likely N-dealkylation sites (tertiary alicyclic amines) is 1. The van der Waals surface area contributed by atoms with Crippen molar-refractivity contribution < 1.29 is 39.2 Å². The van der Waals surface area contributed by atoms with Gasteiger partial charge < -0.3 is 36.8 Å². The smallest absolute Gasteiger partial charge is 0.255 e. The number of carbonyl (C=O) groups is 3. The predicted molar refractivity (Wildman–Crippen MR) is 141 cm³/mol. The van der Waals surface area contributed by atoms with Gasteiger partial charge in [0, 0.05) is 35.2 Å². The lowest BCUT2D eigenvalue weighted by molar-refractivity contribution is -0.150. The number of fused-ring (bicyclic) bond motifs is 4. The van der Waals surface area contributed by atoms with Crippen LogP contribution in [-0.2, 0) is 20.8 Å². The van der Waals surface area contributed by atoms with E-state index >= 15 is 4.39 Å². The molecule has 0 spiro atoms. The summed E-state index contributed by atoms with van der Waals surface area (Å²) < 4.78 is 16.4. The van der Waals surface area contributed by atoms with Gasteiger partial charge in [-0.3, -0.25) is 19.3 Å². The fourth-order valence-electron chi connectivity index (χ4n) is 7.63. The molecule has 5 atom stereocenters. The van der Waals surface area contributed by atoms with Gasteiger partial charge in [0.15, 0.2) is 11.4 Å². The Labute approximate surface area is 229 Å². The highest BCUT2D eigenvalue weighted by Gasteiger charge is 2.63. The summed E-state index contributed by atoms with van der Waals surface area (Å²) in [5, 5.41) is 51.3. The third kappa shape index (κ3) is 3.42. The summed E-state index contributed by atoms with van der Waals surface area (Å²) in [5.41, 5.74) is 1.76. The van der Waals surface area contributed by atoms with Crippen molar-refractivity contribution in [2.75, 3.05) is 31.5 Å². The number of ketones is 2. The summed E-state index contributed by atoms with van der Waals surface area (Å²) in [6.07, 6.45) is 2.48. The van der Waals surface area contributed by atoms with Gasteiger partial charge in [-0.05, 0) is 57.7 Å². The van der Waals surface area contributed by atoms with E-state index in [1.54, 1.807) is 6.92 Å². The van der Waals surface area contributed by atoms with Gasteiger partial charge in [0.2, 0.25) is 5.78 Å². The number of nitrogens with two attached hydrogens (primary N) is 1. The highest BCUT2D eigenvalue weighted by Crippen LogP contribution is 2.55. The molecule has 40 heavy (non-hydrogen) atoms. The van der Waals surface area contributed by atoms with Crippen molar-refractivity contribution in [1.29, 1.82) is 0 Å². The van der Waals surface area contributed by atoms with Crippen molar-refractivity contribution in [3.05, 3.63) is 39.4 Å². The number of carbonyl (C=O) groups excluding carboxylic acids is 3. The molecule has 2 fully saturated rings. The second-order valence-electron chi connectivity index (χ2n) is 11.4. The molecule has 6 rings (SSSR count). The molecule has 1 saturated heterocycles. The van der Waals surface area contributed by atoms with Crippen LogP contribution in [-0.4, -0.2) is 80.6 Å². The summed E-state index contributed by atoms with van der Waals surface area (Å²) in [5.74, 6) is -8.11. The number of likely N-dealkylation sites (N-methyl/N-ethyl adjacent to an activating group) is 1. The lowest BCUT2D eigenvalue weighted by atomic mass is 9.57. The lowest BCUT2D eigenvalue weighted by Gasteiger charge is -2.49. The Balaban J connectivity index is 1.53. The first-order chi connectivity index (χ1) is 19.0. The molecule has 1 amide bonds. The van der Waals surface area contributed by atoms with Crippen LogP contribution in [0.5, 0.6) is 5.75 Å². The molecule has 0 aromatic heterocycles. The molecule has 1 aromatic carbocycles. The Bertz CT molecular complexity index is 1420. The quantitative estimate of drug-likeness (QED) is 0.209. The minimum Gasteiger partial charge on any atom is -0.508 e. The van der Waals surface area contributed by atoms with Gasteiger partial charge in [0.05, 0.1) is 17.3 Å². The molecular weight excluding hydrogens is 523 g/mol. The van der Waals surface area contributed by atoms with Gasteiger partial charge in [-0.2, -0.15) is 0 Å². The van der Waals surface area contributed by atoms with Gasteiger partial charge in [0.1, 0.15) is 28.7 Å². The number of amides is 1. The van der Waals surface area contributed by atoms with Crippen LogP contribution in [0.25, 0.3) is 5.76 Å². The number of primary amides is 1. The molecule has 0 bridgehead atoms. The minimum absolute atomic E-state index is 0.0633. The van der Waals surface area contributed by atoms with Gasteiger partial charge in [-0.15, -0.1) is 0 Å². The fraction of sp³-hybridized carbons (Fsp3) is 0.536. The van der Waals surface area contributed by atoms with Crippen LogP contribution >= 0.6 is 0 Å². The Morgan fingerprint density at radius 2 is 1.93 bits per heavy atom. The maximum Gasteiger partial charge on any atom is 0.255 e. The van der Waals surface area contributed by atoms with E-state index < -0.39 is 63.9 Å². The minimum atomic E-state index is -2.73. The average molecular weight is 557 g/mol. The second kappa shape index (κ2) is 9.28. The fourth-order valence-corrected chi connectivity index (χ4v) is 7.63. The van der Waals surface area contributed by atoms with Gasteiger partial charge >= 0.3 is 0 Å². The third-order valence-electron chi connectivity index (χ3n) is 9.40. The van der Waals surface area contributed by atoms with Crippen molar-refractivity contribution in [3.8, 4) is 5.75 Å². The van der Waals surface area contributed by atoms with E-state index in [0.717, 1.165) is 25.9 Å². The number of Topliss-reactive ketones (excluding diaryl/α,β-unsaturated/α-hetero) is 2. The SMILES string of the molecule is CCN[C@@H]1C(=O)C(C(N)=O)=C(O)[C@@]2(O)C(=O)C3=C(O)c4c(O)c5c(c(F)c4C[C@H]3C[C@@H]12)C(N1CCCC1)CCN5. The van der Waals surface area contributed by atoms with E-state index in [1.165, 1.54) is 0 Å². The molecule has 2 aliphatic heterocycles. The summed E-state index contributed by atoms with van der Waals surface area (Å²) >= 11 is 0. The highest BCUT2D eigenvalue weighted by molar-refractivity contribution is 6.24.